The van der Waals surface area contributed by atoms with Crippen LogP contribution in [0.15, 0.2) is 18.2 Å². The lowest BCUT2D eigenvalue weighted by Crippen LogP contribution is -2.48. The average Bonchev–Trinajstić information content (AvgIpc) is 2.80. The molecule has 1 N–H and O–H groups in total. The van der Waals surface area contributed by atoms with Gasteiger partial charge in [-0.25, -0.2) is 0 Å². The number of hydrogen-bond acceptors (Lipinski definition) is 5. The molecule has 7 nitrogen and oxygen atoms in total. The van der Waals surface area contributed by atoms with Crippen LogP contribution in [0.3, 0.4) is 0 Å². The molecule has 7 heteroatoms. The van der Waals surface area contributed by atoms with Crippen LogP contribution < -0.4 is 10.1 Å². The van der Waals surface area contributed by atoms with Crippen LogP contribution in [0.5, 0.6) is 5.75 Å². The lowest BCUT2D eigenvalue weighted by Gasteiger charge is -2.38. The first-order chi connectivity index (χ1) is 15.8. The third-order valence-corrected chi connectivity index (χ3v) is 7.11. The summed E-state index contributed by atoms with van der Waals surface area (Å²) in [4.78, 5) is 29.1. The number of rotatable bonds is 4. The minimum absolute atomic E-state index is 0.0673. The molecule has 1 aliphatic carbocycles. The van der Waals surface area contributed by atoms with Crippen molar-refractivity contribution in [1.29, 1.82) is 0 Å². The van der Waals surface area contributed by atoms with E-state index in [9.17, 15) is 9.59 Å². The third kappa shape index (κ3) is 6.93. The van der Waals surface area contributed by atoms with E-state index in [-0.39, 0.29) is 29.9 Å². The molecule has 1 saturated carbocycles. The highest BCUT2D eigenvalue weighted by Gasteiger charge is 2.29. The number of benzene rings is 1. The fourth-order valence-electron chi connectivity index (χ4n) is 5.09. The molecule has 33 heavy (non-hydrogen) atoms. The third-order valence-electron chi connectivity index (χ3n) is 7.11. The normalized spacial score (nSPS) is 26.0. The molecule has 1 aromatic rings. The smallest absolute Gasteiger partial charge is 0.257 e. The molecular formula is C26H41N3O4. The van der Waals surface area contributed by atoms with Crippen LogP contribution >= 0.6 is 0 Å². The van der Waals surface area contributed by atoms with Crippen molar-refractivity contribution in [2.24, 2.45) is 11.8 Å². The Kier molecular flexibility index (Phi) is 9.15. The molecule has 1 aliphatic heterocycles. The van der Waals surface area contributed by atoms with Crippen molar-refractivity contribution in [3.05, 3.63) is 23.8 Å². The van der Waals surface area contributed by atoms with Gasteiger partial charge in [-0.2, -0.15) is 0 Å². The Morgan fingerprint density at radius 3 is 2.58 bits per heavy atom. The molecule has 1 aromatic carbocycles. The monoisotopic (exact) mass is 459 g/mol. The topological polar surface area (TPSA) is 71.1 Å². The summed E-state index contributed by atoms with van der Waals surface area (Å²) in [5, 5.41) is 2.77. The number of likely N-dealkylation sites (N-methyl/N-ethyl adjacent to an activating group) is 1. The molecule has 0 unspecified atom stereocenters. The summed E-state index contributed by atoms with van der Waals surface area (Å²) in [5.74, 6) is 1.23. The number of anilines is 1. The van der Waals surface area contributed by atoms with Crippen LogP contribution in [0.2, 0.25) is 0 Å². The van der Waals surface area contributed by atoms with Gasteiger partial charge in [-0.05, 0) is 49.8 Å². The number of carbonyl (C=O) groups excluding carboxylic acids is 2. The number of methoxy groups -OCH3 is 1. The van der Waals surface area contributed by atoms with E-state index in [1.165, 1.54) is 39.0 Å². The van der Waals surface area contributed by atoms with Gasteiger partial charge < -0.3 is 19.7 Å². The molecular weight excluding hydrogens is 418 g/mol. The van der Waals surface area contributed by atoms with Crippen LogP contribution in [0.1, 0.15) is 63.2 Å². The second kappa shape index (κ2) is 11.8. The molecule has 0 radical (unpaired) electrons. The number of nitrogens with zero attached hydrogens (tertiary/aromatic N) is 2. The van der Waals surface area contributed by atoms with Gasteiger partial charge in [-0.1, -0.05) is 26.2 Å². The molecule has 2 aliphatic rings. The van der Waals surface area contributed by atoms with Crippen LogP contribution in [0.4, 0.5) is 5.69 Å². The predicted octanol–water partition coefficient (Wildman–Crippen LogP) is 4.03. The second-order valence-corrected chi connectivity index (χ2v) is 9.95. The van der Waals surface area contributed by atoms with Crippen molar-refractivity contribution >= 4 is 17.5 Å². The van der Waals surface area contributed by atoms with E-state index in [2.05, 4.69) is 24.1 Å². The van der Waals surface area contributed by atoms with E-state index in [4.69, 9.17) is 9.47 Å². The van der Waals surface area contributed by atoms with E-state index in [1.54, 1.807) is 37.3 Å². The van der Waals surface area contributed by atoms with E-state index in [0.717, 1.165) is 19.0 Å². The molecule has 0 bridgehead atoms. The Balaban J connectivity index is 1.89. The standard InChI is InChI=1S/C26H41N3O4/c1-18-14-29(15-21-9-7-6-8-10-21)19(2)17-33-24-12-11-22(27-20(3)30)13-23(24)26(31)28(4)16-25(18)32-5/h11-13,18-19,21,25H,6-10,14-17H2,1-5H3,(H,27,30)/t18-,19+,25+/m0/s1. The molecule has 2 amide bonds. The first-order valence-electron chi connectivity index (χ1n) is 12.3. The Hall–Kier alpha value is -2.12. The zero-order chi connectivity index (χ0) is 24.0. The number of nitrogens with one attached hydrogen (secondary N) is 1. The minimum atomic E-state index is -0.176. The second-order valence-electron chi connectivity index (χ2n) is 9.95. The maximum atomic E-state index is 13.3. The van der Waals surface area contributed by atoms with Gasteiger partial charge in [0.05, 0.1) is 11.7 Å². The number of amides is 2. The van der Waals surface area contributed by atoms with Gasteiger partial charge in [0, 0.05) is 52.4 Å². The summed E-state index contributed by atoms with van der Waals surface area (Å²) < 4.78 is 12.1. The summed E-state index contributed by atoms with van der Waals surface area (Å²) in [6.45, 7) is 8.86. The van der Waals surface area contributed by atoms with Crippen LogP contribution in [-0.4, -0.2) is 74.2 Å². The summed E-state index contributed by atoms with van der Waals surface area (Å²) in [7, 11) is 3.52. The van der Waals surface area contributed by atoms with Gasteiger partial charge >= 0.3 is 0 Å². The zero-order valence-corrected chi connectivity index (χ0v) is 20.9. The lowest BCUT2D eigenvalue weighted by atomic mass is 9.88. The quantitative estimate of drug-likeness (QED) is 0.736. The van der Waals surface area contributed by atoms with Crippen molar-refractivity contribution in [3.63, 3.8) is 0 Å². The fraction of sp³-hybridized carbons (Fsp3) is 0.692. The van der Waals surface area contributed by atoms with Gasteiger partial charge in [-0.15, -0.1) is 0 Å². The summed E-state index contributed by atoms with van der Waals surface area (Å²) >= 11 is 0. The Morgan fingerprint density at radius 2 is 1.91 bits per heavy atom. The van der Waals surface area contributed by atoms with Gasteiger partial charge in [0.15, 0.2) is 0 Å². The summed E-state index contributed by atoms with van der Waals surface area (Å²) in [6.07, 6.45) is 6.56. The first-order valence-corrected chi connectivity index (χ1v) is 12.3. The van der Waals surface area contributed by atoms with E-state index >= 15 is 0 Å². The highest BCUT2D eigenvalue weighted by molar-refractivity contribution is 5.99. The van der Waals surface area contributed by atoms with Crippen molar-refractivity contribution in [2.45, 2.75) is 65.0 Å². The Morgan fingerprint density at radius 1 is 1.18 bits per heavy atom. The number of fused-ring (bicyclic) bond motifs is 1. The van der Waals surface area contributed by atoms with Crippen LogP contribution in [0.25, 0.3) is 0 Å². The van der Waals surface area contributed by atoms with E-state index < -0.39 is 0 Å². The summed E-state index contributed by atoms with van der Waals surface area (Å²) in [6, 6.07) is 5.48. The fourth-order valence-corrected chi connectivity index (χ4v) is 5.09. The van der Waals surface area contributed by atoms with Gasteiger partial charge in [0.25, 0.3) is 5.91 Å². The molecule has 0 aromatic heterocycles. The number of ether oxygens (including phenoxy) is 2. The lowest BCUT2D eigenvalue weighted by molar-refractivity contribution is -0.114. The highest BCUT2D eigenvalue weighted by Crippen LogP contribution is 2.28. The Bertz CT molecular complexity index is 809. The molecule has 1 heterocycles. The molecule has 0 spiro atoms. The van der Waals surface area contributed by atoms with Crippen molar-refractivity contribution in [3.8, 4) is 5.75 Å². The predicted molar refractivity (Wildman–Crippen MR) is 131 cm³/mol. The van der Waals surface area contributed by atoms with Crippen LogP contribution in [0, 0.1) is 11.8 Å². The van der Waals surface area contributed by atoms with Gasteiger partial charge in [0.2, 0.25) is 5.91 Å². The van der Waals surface area contributed by atoms with Crippen molar-refractivity contribution in [2.75, 3.05) is 45.7 Å². The van der Waals surface area contributed by atoms with Gasteiger partial charge in [-0.3, -0.25) is 14.5 Å². The average molecular weight is 460 g/mol. The van der Waals surface area contributed by atoms with Crippen molar-refractivity contribution in [1.82, 2.24) is 9.80 Å². The largest absolute Gasteiger partial charge is 0.491 e. The molecule has 3 rings (SSSR count). The highest BCUT2D eigenvalue weighted by atomic mass is 16.5. The minimum Gasteiger partial charge on any atom is -0.491 e. The van der Waals surface area contributed by atoms with Crippen molar-refractivity contribution < 1.29 is 19.1 Å². The SMILES string of the molecule is CO[C@@H]1CN(C)C(=O)c2cc(NC(C)=O)ccc2OC[C@@H](C)N(CC2CCCCC2)C[C@@H]1C. The first kappa shape index (κ1) is 25.5. The maximum Gasteiger partial charge on any atom is 0.257 e. The molecule has 3 atom stereocenters. The molecule has 1 fully saturated rings. The number of carbonyl (C=O) groups is 2. The number of hydrogen-bond donors (Lipinski definition) is 1. The van der Waals surface area contributed by atoms with Crippen LogP contribution in [-0.2, 0) is 9.53 Å². The molecule has 184 valence electrons. The zero-order valence-electron chi connectivity index (χ0n) is 20.9. The summed E-state index contributed by atoms with van der Waals surface area (Å²) in [5.41, 5.74) is 1.04. The maximum absolute atomic E-state index is 13.3. The molecule has 0 saturated heterocycles. The van der Waals surface area contributed by atoms with E-state index in [1.807, 2.05) is 0 Å². The Labute approximate surface area is 198 Å². The van der Waals surface area contributed by atoms with Gasteiger partial charge in [0.1, 0.15) is 12.4 Å². The van der Waals surface area contributed by atoms with E-state index in [0.29, 0.717) is 30.2 Å².